The Morgan fingerprint density at radius 3 is 2.70 bits per heavy atom. The predicted molar refractivity (Wildman–Crippen MR) is 136 cm³/mol. The van der Waals surface area contributed by atoms with E-state index in [-0.39, 0.29) is 11.7 Å². The summed E-state index contributed by atoms with van der Waals surface area (Å²) < 4.78 is 8.63. The number of rotatable bonds is 10. The predicted octanol–water partition coefficient (Wildman–Crippen LogP) is 4.07. The van der Waals surface area contributed by atoms with Gasteiger partial charge in [-0.3, -0.25) is 4.79 Å². The highest BCUT2D eigenvalue weighted by Gasteiger charge is 2.13. The van der Waals surface area contributed by atoms with Crippen LogP contribution in [0.1, 0.15) is 12.7 Å². The minimum atomic E-state index is -0.145. The highest BCUT2D eigenvalue weighted by Crippen LogP contribution is 2.31. The van der Waals surface area contributed by atoms with Gasteiger partial charge in [0.1, 0.15) is 5.75 Å². The molecule has 172 valence electrons. The minimum absolute atomic E-state index is 0.145. The van der Waals surface area contributed by atoms with E-state index in [0.717, 1.165) is 37.4 Å². The summed E-state index contributed by atoms with van der Waals surface area (Å²) in [5.41, 5.74) is 2.59. The van der Waals surface area contributed by atoms with Crippen LogP contribution in [-0.2, 0) is 11.3 Å². The quantitative estimate of drug-likeness (QED) is 0.218. The Kier molecular flexibility index (Phi) is 7.57. The molecule has 0 radical (unpaired) electrons. The summed E-state index contributed by atoms with van der Waals surface area (Å²) in [4.78, 5) is 17.0. The monoisotopic (exact) mass is 501 g/mol. The van der Waals surface area contributed by atoms with Crippen LogP contribution in [0.15, 0.2) is 52.0 Å². The number of benzene rings is 2. The van der Waals surface area contributed by atoms with E-state index in [9.17, 15) is 4.79 Å². The van der Waals surface area contributed by atoms with Crippen LogP contribution >= 0.6 is 34.9 Å². The third kappa shape index (κ3) is 5.89. The Hall–Kier alpha value is -2.96. The van der Waals surface area contributed by atoms with Gasteiger partial charge in [0.25, 0.3) is 0 Å². The highest BCUT2D eigenvalue weighted by molar-refractivity contribution is 8.01. The standard InChI is InChI=1S/C21H23N7O2S3/c1-3-31-21-25-16-9-6-14(10-17(16)33-21)24-19(29)12-32-20-27-26-18(28(20)22)11-23-13-4-7-15(30-2)8-5-13/h4-10,23H,3,11-12,22H2,1-2H3,(H,24,29). The molecule has 2 heterocycles. The van der Waals surface area contributed by atoms with Gasteiger partial charge in [-0.2, -0.15) is 0 Å². The zero-order valence-electron chi connectivity index (χ0n) is 18.1. The van der Waals surface area contributed by atoms with Crippen LogP contribution in [0.25, 0.3) is 10.2 Å². The normalized spacial score (nSPS) is 11.0. The summed E-state index contributed by atoms with van der Waals surface area (Å²) in [6.07, 6.45) is 0. The van der Waals surface area contributed by atoms with Crippen LogP contribution in [0.5, 0.6) is 5.75 Å². The van der Waals surface area contributed by atoms with E-state index in [2.05, 4.69) is 32.7 Å². The van der Waals surface area contributed by atoms with Crippen molar-refractivity contribution in [1.82, 2.24) is 19.9 Å². The third-order valence-corrected chi connectivity index (χ3v) is 7.51. The highest BCUT2D eigenvalue weighted by atomic mass is 32.2. The molecule has 12 heteroatoms. The number of ether oxygens (including phenoxy) is 1. The number of carbonyl (C=O) groups is 1. The van der Waals surface area contributed by atoms with Crippen molar-refractivity contribution in [2.45, 2.75) is 23.0 Å². The van der Waals surface area contributed by atoms with Crippen molar-refractivity contribution < 1.29 is 9.53 Å². The molecule has 0 aliphatic rings. The minimum Gasteiger partial charge on any atom is -0.497 e. The lowest BCUT2D eigenvalue weighted by atomic mass is 10.3. The fourth-order valence-corrected chi connectivity index (χ4v) is 5.59. The van der Waals surface area contributed by atoms with Gasteiger partial charge in [-0.25, -0.2) is 9.66 Å². The van der Waals surface area contributed by atoms with E-state index >= 15 is 0 Å². The van der Waals surface area contributed by atoms with Gasteiger partial charge >= 0.3 is 0 Å². The van der Waals surface area contributed by atoms with Gasteiger partial charge in [-0.15, -0.1) is 21.5 Å². The van der Waals surface area contributed by atoms with E-state index in [0.29, 0.717) is 17.5 Å². The summed E-state index contributed by atoms with van der Waals surface area (Å²) in [5.74, 6) is 8.45. The molecule has 9 nitrogen and oxygen atoms in total. The maximum Gasteiger partial charge on any atom is 0.234 e. The Morgan fingerprint density at radius 1 is 1.15 bits per heavy atom. The Bertz CT molecular complexity index is 1240. The summed E-state index contributed by atoms with van der Waals surface area (Å²) in [6.45, 7) is 2.50. The Morgan fingerprint density at radius 2 is 1.94 bits per heavy atom. The molecule has 4 rings (SSSR count). The van der Waals surface area contributed by atoms with Crippen LogP contribution < -0.4 is 21.2 Å². The lowest BCUT2D eigenvalue weighted by molar-refractivity contribution is -0.113. The maximum absolute atomic E-state index is 12.4. The Labute approximate surface area is 203 Å². The average molecular weight is 502 g/mol. The number of methoxy groups -OCH3 is 1. The number of thioether (sulfide) groups is 2. The first-order valence-corrected chi connectivity index (χ1v) is 12.9. The first-order chi connectivity index (χ1) is 16.1. The van der Waals surface area contributed by atoms with Crippen LogP contribution in [0, 0.1) is 0 Å². The van der Waals surface area contributed by atoms with Gasteiger partial charge in [-0.1, -0.05) is 30.4 Å². The Balaban J connectivity index is 1.30. The zero-order chi connectivity index (χ0) is 23.2. The molecule has 0 saturated heterocycles. The fourth-order valence-electron chi connectivity index (χ4n) is 2.91. The molecule has 0 unspecified atom stereocenters. The molecule has 4 N–H and O–H groups in total. The lowest BCUT2D eigenvalue weighted by Crippen LogP contribution is -2.18. The summed E-state index contributed by atoms with van der Waals surface area (Å²) in [7, 11) is 1.63. The van der Waals surface area contributed by atoms with Crippen LogP contribution in [0.4, 0.5) is 11.4 Å². The zero-order valence-corrected chi connectivity index (χ0v) is 20.5. The molecule has 2 aromatic heterocycles. The lowest BCUT2D eigenvalue weighted by Gasteiger charge is -2.08. The molecular formula is C21H23N7O2S3. The van der Waals surface area contributed by atoms with Crippen molar-refractivity contribution in [2.24, 2.45) is 0 Å². The van der Waals surface area contributed by atoms with Gasteiger partial charge in [0.15, 0.2) is 10.2 Å². The SMILES string of the molecule is CCSc1nc2ccc(NC(=O)CSc3nnc(CNc4ccc(OC)cc4)n3N)cc2s1. The molecule has 33 heavy (non-hydrogen) atoms. The summed E-state index contributed by atoms with van der Waals surface area (Å²) >= 11 is 4.57. The molecule has 0 spiro atoms. The second-order valence-corrected chi connectivity index (χ2v) is 10.3. The molecule has 2 aromatic carbocycles. The van der Waals surface area contributed by atoms with Crippen LogP contribution in [-0.4, -0.2) is 44.4 Å². The molecule has 1 amide bonds. The first-order valence-electron chi connectivity index (χ1n) is 10.1. The molecular weight excluding hydrogens is 478 g/mol. The van der Waals surface area contributed by atoms with E-state index in [1.807, 2.05) is 42.5 Å². The van der Waals surface area contributed by atoms with Crippen molar-refractivity contribution in [3.8, 4) is 5.75 Å². The molecule has 0 saturated carbocycles. The van der Waals surface area contributed by atoms with Gasteiger partial charge in [0.05, 0.1) is 29.6 Å². The first kappa shape index (κ1) is 23.2. The van der Waals surface area contributed by atoms with Crippen molar-refractivity contribution in [1.29, 1.82) is 0 Å². The fraction of sp³-hybridized carbons (Fsp3) is 0.238. The van der Waals surface area contributed by atoms with Crippen molar-refractivity contribution >= 4 is 62.4 Å². The van der Waals surface area contributed by atoms with E-state index in [1.54, 1.807) is 30.2 Å². The number of fused-ring (bicyclic) bond motifs is 1. The second kappa shape index (κ2) is 10.8. The number of amides is 1. The van der Waals surface area contributed by atoms with Gasteiger partial charge in [0, 0.05) is 11.4 Å². The number of nitrogens with one attached hydrogen (secondary N) is 2. The van der Waals surface area contributed by atoms with Gasteiger partial charge < -0.3 is 21.2 Å². The topological polar surface area (TPSA) is 120 Å². The number of thiazole rings is 1. The molecule has 0 aliphatic carbocycles. The van der Waals surface area contributed by atoms with E-state index in [4.69, 9.17) is 10.6 Å². The number of nitrogens with zero attached hydrogens (tertiary/aromatic N) is 4. The molecule has 0 atom stereocenters. The molecule has 0 fully saturated rings. The van der Waals surface area contributed by atoms with Crippen molar-refractivity contribution in [2.75, 3.05) is 35.1 Å². The van der Waals surface area contributed by atoms with E-state index in [1.165, 1.54) is 16.4 Å². The number of nitrogens with two attached hydrogens (primary N) is 1. The van der Waals surface area contributed by atoms with Crippen LogP contribution in [0.3, 0.4) is 0 Å². The van der Waals surface area contributed by atoms with Crippen molar-refractivity contribution in [3.63, 3.8) is 0 Å². The molecule has 0 aliphatic heterocycles. The number of aromatic nitrogens is 4. The maximum atomic E-state index is 12.4. The number of nitrogen functional groups attached to an aromatic ring is 1. The van der Waals surface area contributed by atoms with Gasteiger partial charge in [-0.05, 0) is 48.2 Å². The molecule has 4 aromatic rings. The number of hydrogen-bond donors (Lipinski definition) is 3. The van der Waals surface area contributed by atoms with E-state index < -0.39 is 0 Å². The summed E-state index contributed by atoms with van der Waals surface area (Å²) in [5, 5.41) is 14.8. The summed E-state index contributed by atoms with van der Waals surface area (Å²) in [6, 6.07) is 13.3. The third-order valence-electron chi connectivity index (χ3n) is 4.53. The molecule has 0 bridgehead atoms. The number of carbonyl (C=O) groups excluding carboxylic acids is 1. The average Bonchev–Trinajstić information content (AvgIpc) is 3.39. The number of anilines is 2. The van der Waals surface area contributed by atoms with Crippen LogP contribution in [0.2, 0.25) is 0 Å². The number of hydrogen-bond acceptors (Lipinski definition) is 10. The van der Waals surface area contributed by atoms with Crippen molar-refractivity contribution in [3.05, 3.63) is 48.3 Å². The largest absolute Gasteiger partial charge is 0.497 e. The van der Waals surface area contributed by atoms with Gasteiger partial charge in [0.2, 0.25) is 11.1 Å². The smallest absolute Gasteiger partial charge is 0.234 e. The second-order valence-electron chi connectivity index (χ2n) is 6.78.